The number of halogens is 1. The van der Waals surface area contributed by atoms with Gasteiger partial charge in [-0.25, -0.2) is 4.39 Å². The number of ether oxygens (including phenoxy) is 2. The van der Waals surface area contributed by atoms with Gasteiger partial charge in [0, 0.05) is 0 Å². The average molecular weight is 371 g/mol. The van der Waals surface area contributed by atoms with E-state index in [2.05, 4.69) is 12.1 Å². The second-order valence-electron chi connectivity index (χ2n) is 6.93. The summed E-state index contributed by atoms with van der Waals surface area (Å²) in [5.74, 6) is -0.468. The number of hydrogen-bond acceptors (Lipinski definition) is 4. The van der Waals surface area contributed by atoms with Crippen molar-refractivity contribution in [2.75, 3.05) is 26.7 Å². The minimum Gasteiger partial charge on any atom is -0.465 e. The molecular weight excluding hydrogens is 345 g/mol. The number of hydrogen-bond donors (Lipinski definition) is 0. The summed E-state index contributed by atoms with van der Waals surface area (Å²) in [4.78, 5) is 13.6. The van der Waals surface area contributed by atoms with Gasteiger partial charge in [-0.05, 0) is 62.2 Å². The first-order valence-electron chi connectivity index (χ1n) is 9.37. The Morgan fingerprint density at radius 2 is 1.96 bits per heavy atom. The lowest BCUT2D eigenvalue weighted by Gasteiger charge is -2.31. The quantitative estimate of drug-likeness (QED) is 0.660. The van der Waals surface area contributed by atoms with E-state index < -0.39 is 5.60 Å². The molecule has 0 N–H and O–H groups in total. The van der Waals surface area contributed by atoms with Crippen molar-refractivity contribution in [3.05, 3.63) is 71.0 Å². The maximum absolute atomic E-state index is 13.4. The molecule has 2 aromatic rings. The number of carbonyl (C=O) groups is 1. The Balaban J connectivity index is 1.75. The predicted octanol–water partition coefficient (Wildman–Crippen LogP) is 3.87. The van der Waals surface area contributed by atoms with Crippen LogP contribution in [0, 0.1) is 5.82 Å². The Bertz CT molecular complexity index is 777. The highest BCUT2D eigenvalue weighted by molar-refractivity contribution is 5.71. The molecule has 0 saturated carbocycles. The third-order valence-corrected chi connectivity index (χ3v) is 5.01. The zero-order valence-corrected chi connectivity index (χ0v) is 15.9. The van der Waals surface area contributed by atoms with Gasteiger partial charge in [-0.2, -0.15) is 0 Å². The van der Waals surface area contributed by atoms with E-state index in [9.17, 15) is 9.18 Å². The van der Waals surface area contributed by atoms with Crippen LogP contribution in [-0.2, 0) is 26.5 Å². The van der Waals surface area contributed by atoms with E-state index in [-0.39, 0.29) is 18.3 Å². The first-order valence-corrected chi connectivity index (χ1v) is 9.37. The summed E-state index contributed by atoms with van der Waals surface area (Å²) in [5, 5.41) is 0. The molecule has 0 spiro atoms. The molecule has 1 aliphatic heterocycles. The smallest absolute Gasteiger partial charge is 0.320 e. The lowest BCUT2D eigenvalue weighted by atomic mass is 9.82. The van der Waals surface area contributed by atoms with Gasteiger partial charge in [0.2, 0.25) is 0 Å². The third-order valence-electron chi connectivity index (χ3n) is 5.01. The van der Waals surface area contributed by atoms with Gasteiger partial charge in [-0.15, -0.1) is 0 Å². The molecule has 2 aromatic carbocycles. The van der Waals surface area contributed by atoms with E-state index in [0.717, 1.165) is 30.5 Å². The molecule has 0 aliphatic carbocycles. The number of esters is 1. The Kier molecular flexibility index (Phi) is 6.24. The minimum atomic E-state index is -0.574. The summed E-state index contributed by atoms with van der Waals surface area (Å²) in [5.41, 5.74) is 2.70. The van der Waals surface area contributed by atoms with Crippen molar-refractivity contribution in [1.29, 1.82) is 0 Å². The maximum Gasteiger partial charge on any atom is 0.320 e. The van der Waals surface area contributed by atoms with Crippen molar-refractivity contribution in [1.82, 2.24) is 4.90 Å². The molecule has 0 bridgehead atoms. The van der Waals surface area contributed by atoms with Crippen LogP contribution < -0.4 is 0 Å². The van der Waals surface area contributed by atoms with Crippen molar-refractivity contribution in [2.24, 2.45) is 0 Å². The molecule has 1 unspecified atom stereocenters. The highest BCUT2D eigenvalue weighted by Crippen LogP contribution is 2.45. The molecule has 144 valence electrons. The van der Waals surface area contributed by atoms with E-state index >= 15 is 0 Å². The van der Waals surface area contributed by atoms with Gasteiger partial charge in [0.1, 0.15) is 11.4 Å². The van der Waals surface area contributed by atoms with Crippen molar-refractivity contribution in [3.8, 4) is 0 Å². The number of rotatable bonds is 8. The molecular formula is C22H26FNO3. The molecule has 1 aliphatic rings. The largest absolute Gasteiger partial charge is 0.465 e. The van der Waals surface area contributed by atoms with Gasteiger partial charge in [-0.3, -0.25) is 9.69 Å². The maximum atomic E-state index is 13.4. The van der Waals surface area contributed by atoms with Crippen LogP contribution in [0.25, 0.3) is 0 Å². The fourth-order valence-electron chi connectivity index (χ4n) is 3.73. The first-order chi connectivity index (χ1) is 13.0. The molecule has 5 heteroatoms. The highest BCUT2D eigenvalue weighted by Gasteiger charge is 2.41. The zero-order valence-electron chi connectivity index (χ0n) is 15.9. The van der Waals surface area contributed by atoms with Crippen LogP contribution in [-0.4, -0.2) is 37.6 Å². The summed E-state index contributed by atoms with van der Waals surface area (Å²) in [6, 6.07) is 14.8. The first kappa shape index (κ1) is 19.5. The van der Waals surface area contributed by atoms with E-state index in [0.29, 0.717) is 13.2 Å². The van der Waals surface area contributed by atoms with Gasteiger partial charge in [-0.1, -0.05) is 36.4 Å². The van der Waals surface area contributed by atoms with Gasteiger partial charge in [0.15, 0.2) is 0 Å². The molecule has 0 aromatic heterocycles. The number of nitrogens with zero attached hydrogens (tertiary/aromatic N) is 1. The molecule has 1 heterocycles. The van der Waals surface area contributed by atoms with Crippen LogP contribution in [0.3, 0.4) is 0 Å². The third kappa shape index (κ3) is 4.37. The SMILES string of the molecule is CCOC(=O)CN(C)CCCC1(c2ccc(F)cc2)OCc2ccccc21. The molecule has 0 saturated heterocycles. The van der Waals surface area contributed by atoms with Crippen molar-refractivity contribution < 1.29 is 18.7 Å². The van der Waals surface area contributed by atoms with Crippen LogP contribution >= 0.6 is 0 Å². The fourth-order valence-corrected chi connectivity index (χ4v) is 3.73. The second kappa shape index (κ2) is 8.63. The second-order valence-corrected chi connectivity index (χ2v) is 6.93. The molecule has 0 radical (unpaired) electrons. The highest BCUT2D eigenvalue weighted by atomic mass is 19.1. The molecule has 4 nitrogen and oxygen atoms in total. The minimum absolute atomic E-state index is 0.212. The molecule has 0 amide bonds. The Morgan fingerprint density at radius 1 is 1.22 bits per heavy atom. The molecule has 1 atom stereocenters. The monoisotopic (exact) mass is 371 g/mol. The van der Waals surface area contributed by atoms with Crippen molar-refractivity contribution in [3.63, 3.8) is 0 Å². The van der Waals surface area contributed by atoms with Gasteiger partial charge in [0.05, 0.1) is 19.8 Å². The number of benzene rings is 2. The standard InChI is InChI=1S/C22H26FNO3/c1-3-26-21(25)15-24(2)14-6-13-22(18-9-11-19(23)12-10-18)20-8-5-4-7-17(20)16-27-22/h4-5,7-12H,3,6,13-16H2,1-2H3. The Labute approximate surface area is 159 Å². The van der Waals surface area contributed by atoms with Crippen LogP contribution in [0.4, 0.5) is 4.39 Å². The Hall–Kier alpha value is -2.24. The average Bonchev–Trinajstić information content (AvgIpc) is 3.02. The van der Waals surface area contributed by atoms with Crippen LogP contribution in [0.5, 0.6) is 0 Å². The number of likely N-dealkylation sites (N-methyl/N-ethyl adjacent to an activating group) is 1. The van der Waals surface area contributed by atoms with Gasteiger partial charge < -0.3 is 9.47 Å². The summed E-state index contributed by atoms with van der Waals surface area (Å²) in [6.07, 6.45) is 1.59. The van der Waals surface area contributed by atoms with Crippen LogP contribution in [0.2, 0.25) is 0 Å². The van der Waals surface area contributed by atoms with Gasteiger partial charge in [0.25, 0.3) is 0 Å². The molecule has 3 rings (SSSR count). The summed E-state index contributed by atoms with van der Waals surface area (Å²) < 4.78 is 24.7. The van der Waals surface area contributed by atoms with Crippen LogP contribution in [0.15, 0.2) is 48.5 Å². The van der Waals surface area contributed by atoms with Crippen molar-refractivity contribution >= 4 is 5.97 Å². The lowest BCUT2D eigenvalue weighted by Crippen LogP contribution is -2.31. The zero-order chi connectivity index (χ0) is 19.3. The fraction of sp³-hybridized carbons (Fsp3) is 0.409. The lowest BCUT2D eigenvalue weighted by molar-refractivity contribution is -0.144. The topological polar surface area (TPSA) is 38.8 Å². The van der Waals surface area contributed by atoms with Gasteiger partial charge >= 0.3 is 5.97 Å². The van der Waals surface area contributed by atoms with E-state index in [1.165, 1.54) is 17.7 Å². The van der Waals surface area contributed by atoms with E-state index in [1.807, 2.05) is 24.1 Å². The summed E-state index contributed by atoms with van der Waals surface area (Å²) in [7, 11) is 1.91. The van der Waals surface area contributed by atoms with E-state index in [4.69, 9.17) is 9.47 Å². The molecule has 27 heavy (non-hydrogen) atoms. The predicted molar refractivity (Wildman–Crippen MR) is 102 cm³/mol. The van der Waals surface area contributed by atoms with E-state index in [1.54, 1.807) is 19.1 Å². The summed E-state index contributed by atoms with van der Waals surface area (Å²) >= 11 is 0. The summed E-state index contributed by atoms with van der Waals surface area (Å²) in [6.45, 7) is 3.76. The normalized spacial score (nSPS) is 18.5. The Morgan fingerprint density at radius 3 is 2.70 bits per heavy atom. The van der Waals surface area contributed by atoms with Crippen molar-refractivity contribution in [2.45, 2.75) is 32.0 Å². The van der Waals surface area contributed by atoms with Crippen LogP contribution in [0.1, 0.15) is 36.5 Å². The number of carbonyl (C=O) groups excluding carboxylic acids is 1. The number of fused-ring (bicyclic) bond motifs is 1. The molecule has 0 fully saturated rings.